The summed E-state index contributed by atoms with van der Waals surface area (Å²) in [6.07, 6.45) is 5.04. The van der Waals surface area contributed by atoms with Crippen LogP contribution in [0.1, 0.15) is 103 Å². The van der Waals surface area contributed by atoms with Crippen molar-refractivity contribution in [2.45, 2.75) is 111 Å². The maximum atomic E-state index is 14.2. The molecule has 5 N–H and O–H groups in total. The summed E-state index contributed by atoms with van der Waals surface area (Å²) >= 11 is 1.62. The molecule has 2 aliphatic heterocycles. The van der Waals surface area contributed by atoms with Crippen LogP contribution in [0.2, 0.25) is 0 Å². The Morgan fingerprint density at radius 1 is 0.968 bits per heavy atom. The molecular formula is C48H64N8O5S. The van der Waals surface area contributed by atoms with Gasteiger partial charge in [0.05, 0.1) is 39.6 Å². The first-order valence-corrected chi connectivity index (χ1v) is 22.9. The molecule has 0 spiro atoms. The summed E-state index contributed by atoms with van der Waals surface area (Å²) in [5.74, 6) is 0.0101. The number of β-amino-alcohol motifs (C(OH)–C–C–N with tert-alkyl or cyclic N) is 1. The first kappa shape index (κ1) is 46.2. The van der Waals surface area contributed by atoms with Gasteiger partial charge in [0.1, 0.15) is 11.5 Å². The van der Waals surface area contributed by atoms with Gasteiger partial charge in [-0.1, -0.05) is 83.0 Å². The number of unbranched alkanes of at least 4 members (excludes halogenated alkanes) is 4. The summed E-state index contributed by atoms with van der Waals surface area (Å²) in [5, 5.41) is 32.9. The number of benzene rings is 2. The Morgan fingerprint density at radius 3 is 2.31 bits per heavy atom. The van der Waals surface area contributed by atoms with Gasteiger partial charge in [0.25, 0.3) is 0 Å². The number of ketones is 1. The molecule has 2 aliphatic rings. The van der Waals surface area contributed by atoms with Crippen molar-refractivity contribution in [2.75, 3.05) is 43.4 Å². The molecular weight excluding hydrogens is 801 g/mol. The van der Waals surface area contributed by atoms with Crippen LogP contribution in [0.5, 0.6) is 5.75 Å². The van der Waals surface area contributed by atoms with E-state index < -0.39 is 17.4 Å². The number of phenols is 1. The molecule has 6 rings (SSSR count). The van der Waals surface area contributed by atoms with Crippen LogP contribution in [0.3, 0.4) is 0 Å². The average Bonchev–Trinajstić information content (AvgIpc) is 3.87. The SMILES string of the molecule is C=C(N[C@@H](C)c1ccc(-c2scnc2C)cc1)[C@@H]1C[C@@H](O)CN1C(=O)[C@@H](CC(=O)CCCCCCCC(=O)N1CCN(c2cc(-c3ccccc3O)nnc2N)CC1)C(C)(C)C. The Kier molecular flexibility index (Phi) is 15.4. The number of hydrogen-bond donors (Lipinski definition) is 4. The summed E-state index contributed by atoms with van der Waals surface area (Å²) in [5.41, 5.74) is 13.4. The minimum Gasteiger partial charge on any atom is -0.507 e. The van der Waals surface area contributed by atoms with Crippen LogP contribution in [-0.2, 0) is 14.4 Å². The van der Waals surface area contributed by atoms with Crippen molar-refractivity contribution >= 4 is 40.4 Å². The molecule has 2 aromatic heterocycles. The number of amides is 2. The van der Waals surface area contributed by atoms with Crippen LogP contribution >= 0.6 is 11.3 Å². The number of nitrogens with one attached hydrogen (secondary N) is 1. The van der Waals surface area contributed by atoms with E-state index >= 15 is 0 Å². The zero-order chi connectivity index (χ0) is 44.6. The van der Waals surface area contributed by atoms with Crippen molar-refractivity contribution in [1.29, 1.82) is 0 Å². The molecule has 2 amide bonds. The van der Waals surface area contributed by atoms with E-state index in [2.05, 4.69) is 63.2 Å². The monoisotopic (exact) mass is 864 g/mol. The number of carbonyl (C=O) groups excluding carboxylic acids is 3. The lowest BCUT2D eigenvalue weighted by Crippen LogP contribution is -2.49. The first-order chi connectivity index (χ1) is 29.6. The fraction of sp³-hybridized carbons (Fsp3) is 0.500. The Bertz CT molecular complexity index is 2180. The predicted molar refractivity (Wildman–Crippen MR) is 246 cm³/mol. The van der Waals surface area contributed by atoms with Crippen LogP contribution in [0.15, 0.2) is 72.4 Å². The number of aromatic nitrogens is 3. The van der Waals surface area contributed by atoms with E-state index in [1.165, 1.54) is 0 Å². The molecule has 332 valence electrons. The highest BCUT2D eigenvalue weighted by Gasteiger charge is 2.43. The van der Waals surface area contributed by atoms with E-state index in [0.29, 0.717) is 68.2 Å². The van der Waals surface area contributed by atoms with E-state index in [0.717, 1.165) is 59.5 Å². The predicted octanol–water partition coefficient (Wildman–Crippen LogP) is 7.69. The molecule has 14 heteroatoms. The number of phenolic OH excluding ortho intramolecular Hbond substituents is 1. The van der Waals surface area contributed by atoms with Gasteiger partial charge in [0.15, 0.2) is 5.82 Å². The van der Waals surface area contributed by atoms with Gasteiger partial charge in [-0.15, -0.1) is 21.5 Å². The fourth-order valence-electron chi connectivity index (χ4n) is 8.59. The van der Waals surface area contributed by atoms with Crippen molar-refractivity contribution < 1.29 is 24.6 Å². The number of piperazine rings is 1. The van der Waals surface area contributed by atoms with Gasteiger partial charge in [-0.05, 0) is 61.4 Å². The second kappa shape index (κ2) is 20.7. The number of aliphatic hydroxyl groups is 1. The molecule has 2 aromatic carbocycles. The van der Waals surface area contributed by atoms with Gasteiger partial charge in [-0.2, -0.15) is 0 Å². The Balaban J connectivity index is 0.902. The second-order valence-electron chi connectivity index (χ2n) is 18.0. The molecule has 0 bridgehead atoms. The number of nitrogen functional groups attached to an aromatic ring is 1. The number of aryl methyl sites for hydroxylation is 1. The van der Waals surface area contributed by atoms with E-state index in [1.54, 1.807) is 34.4 Å². The molecule has 13 nitrogen and oxygen atoms in total. The third kappa shape index (κ3) is 11.6. The third-order valence-corrected chi connectivity index (χ3v) is 13.3. The first-order valence-electron chi connectivity index (χ1n) is 22.0. The summed E-state index contributed by atoms with van der Waals surface area (Å²) in [6.45, 7) is 17.0. The number of likely N-dealkylation sites (tertiary alicyclic amines) is 1. The van der Waals surface area contributed by atoms with E-state index in [-0.39, 0.29) is 48.4 Å². The van der Waals surface area contributed by atoms with Crippen molar-refractivity contribution in [1.82, 2.24) is 30.3 Å². The quantitative estimate of drug-likeness (QED) is 0.0721. The molecule has 0 aliphatic carbocycles. The minimum absolute atomic E-state index is 0.0682. The molecule has 2 fully saturated rings. The van der Waals surface area contributed by atoms with Crippen molar-refractivity contribution in [3.63, 3.8) is 0 Å². The highest BCUT2D eigenvalue weighted by Crippen LogP contribution is 2.36. The van der Waals surface area contributed by atoms with Crippen LogP contribution in [-0.4, -0.2) is 97.7 Å². The normalized spacial score (nSPS) is 17.8. The maximum absolute atomic E-state index is 14.2. The molecule has 0 radical (unpaired) electrons. The summed E-state index contributed by atoms with van der Waals surface area (Å²) in [4.78, 5) is 51.9. The average molecular weight is 865 g/mol. The molecule has 4 atom stereocenters. The number of thiazole rings is 1. The van der Waals surface area contributed by atoms with Crippen molar-refractivity contribution in [2.24, 2.45) is 11.3 Å². The van der Waals surface area contributed by atoms with Gasteiger partial charge in [0, 0.05) is 81.6 Å². The molecule has 2 saturated heterocycles. The van der Waals surface area contributed by atoms with E-state index in [1.807, 2.05) is 50.2 Å². The summed E-state index contributed by atoms with van der Waals surface area (Å²) < 4.78 is 0. The van der Waals surface area contributed by atoms with E-state index in [4.69, 9.17) is 5.73 Å². The standard InChI is InChI=1S/C48H64N8O5S/c1-31(34-18-20-35(21-19-34)45-33(3)50-30-62-45)51-32(2)41-27-37(58)29-56(41)47(61)39(48(4,5)6)26-36(57)14-10-8-7-9-11-17-44(60)55-24-22-54(23-25-55)42-28-40(52-53-46(42)49)38-15-12-13-16-43(38)59/h12-13,15-16,18-21,28,30-31,37,39,41,51,58-59H,2,7-11,14,17,22-27,29H2,1,3-6H3,(H2,49,53)/t31-,37+,39+,41-/m0/s1. The van der Waals surface area contributed by atoms with Crippen LogP contribution in [0.25, 0.3) is 21.7 Å². The number of rotatable bonds is 18. The second-order valence-corrected chi connectivity index (χ2v) is 18.8. The smallest absolute Gasteiger partial charge is 0.227 e. The van der Waals surface area contributed by atoms with E-state index in [9.17, 15) is 24.6 Å². The summed E-state index contributed by atoms with van der Waals surface area (Å²) in [7, 11) is 0. The zero-order valence-electron chi connectivity index (χ0n) is 37.0. The Labute approximate surface area is 370 Å². The Hall–Kier alpha value is -5.34. The van der Waals surface area contributed by atoms with Crippen LogP contribution in [0.4, 0.5) is 11.5 Å². The lowest BCUT2D eigenvalue weighted by Gasteiger charge is -2.36. The Morgan fingerprint density at radius 2 is 1.65 bits per heavy atom. The van der Waals surface area contributed by atoms with Crippen LogP contribution < -0.4 is 16.0 Å². The minimum atomic E-state index is -0.668. The third-order valence-electron chi connectivity index (χ3n) is 12.4. The van der Waals surface area contributed by atoms with Crippen molar-refractivity contribution in [3.8, 4) is 27.4 Å². The molecule has 0 unspecified atom stereocenters. The largest absolute Gasteiger partial charge is 0.507 e. The van der Waals surface area contributed by atoms with Gasteiger partial charge < -0.3 is 36.0 Å². The number of nitrogens with zero attached hydrogens (tertiary/aromatic N) is 6. The molecule has 62 heavy (non-hydrogen) atoms. The number of hydrogen-bond acceptors (Lipinski definition) is 12. The van der Waals surface area contributed by atoms with Gasteiger partial charge in [0.2, 0.25) is 11.8 Å². The van der Waals surface area contributed by atoms with Gasteiger partial charge in [-0.25, -0.2) is 4.98 Å². The zero-order valence-corrected chi connectivity index (χ0v) is 37.8. The number of nitrogens with two attached hydrogens (primary N) is 1. The lowest BCUT2D eigenvalue weighted by molar-refractivity contribution is -0.142. The molecule has 4 aromatic rings. The molecule has 4 heterocycles. The van der Waals surface area contributed by atoms with Crippen LogP contribution in [0, 0.1) is 18.3 Å². The van der Waals surface area contributed by atoms with Gasteiger partial charge in [-0.3, -0.25) is 14.4 Å². The fourth-order valence-corrected chi connectivity index (χ4v) is 9.40. The number of aliphatic hydroxyl groups excluding tert-OH is 1. The maximum Gasteiger partial charge on any atom is 0.227 e. The highest BCUT2D eigenvalue weighted by atomic mass is 32.1. The number of Topliss-reactive ketones (excluding diaryl/α,β-unsaturated/α-hetero) is 1. The number of para-hydroxylation sites is 1. The number of anilines is 2. The highest BCUT2D eigenvalue weighted by molar-refractivity contribution is 7.13. The molecule has 0 saturated carbocycles. The topological polar surface area (TPSA) is 178 Å². The number of carbonyl (C=O) groups is 3. The van der Waals surface area contributed by atoms with Gasteiger partial charge >= 0.3 is 0 Å². The number of aromatic hydroxyl groups is 1. The summed E-state index contributed by atoms with van der Waals surface area (Å²) in [6, 6.07) is 16.7. The lowest BCUT2D eigenvalue weighted by atomic mass is 9.76. The van der Waals surface area contributed by atoms with Crippen molar-refractivity contribution in [3.05, 3.63) is 83.6 Å².